The first-order valence-corrected chi connectivity index (χ1v) is 11.3. The minimum Gasteiger partial charge on any atom is -0.497 e. The van der Waals surface area contributed by atoms with Gasteiger partial charge in [0.1, 0.15) is 11.4 Å². The molecular formula is C21H25N3O4S. The molecule has 0 saturated carbocycles. The lowest BCUT2D eigenvalue weighted by Gasteiger charge is -2.22. The Kier molecular flexibility index (Phi) is 5.56. The summed E-state index contributed by atoms with van der Waals surface area (Å²) in [5.41, 5.74) is 1.35. The van der Waals surface area contributed by atoms with Gasteiger partial charge in [-0.3, -0.25) is 9.78 Å². The predicted molar refractivity (Wildman–Crippen MR) is 109 cm³/mol. The van der Waals surface area contributed by atoms with Crippen molar-refractivity contribution in [3.63, 3.8) is 0 Å². The van der Waals surface area contributed by atoms with Crippen LogP contribution < -0.4 is 4.74 Å². The van der Waals surface area contributed by atoms with Crippen LogP contribution in [-0.2, 0) is 16.6 Å². The largest absolute Gasteiger partial charge is 0.497 e. The number of carbonyl (C=O) groups is 1. The normalized spacial score (nSPS) is 24.0. The first-order valence-electron chi connectivity index (χ1n) is 9.81. The van der Waals surface area contributed by atoms with Gasteiger partial charge < -0.3 is 9.64 Å². The van der Waals surface area contributed by atoms with Crippen LogP contribution >= 0.6 is 0 Å². The van der Waals surface area contributed by atoms with Crippen LogP contribution in [0.2, 0.25) is 0 Å². The summed E-state index contributed by atoms with van der Waals surface area (Å²) >= 11 is 0. The Morgan fingerprint density at radius 2 is 1.90 bits per heavy atom. The second kappa shape index (κ2) is 8.12. The van der Waals surface area contributed by atoms with Crippen molar-refractivity contribution in [2.24, 2.45) is 5.92 Å². The Morgan fingerprint density at radius 1 is 1.14 bits per heavy atom. The van der Waals surface area contributed by atoms with Gasteiger partial charge in [0.05, 0.1) is 12.4 Å². The van der Waals surface area contributed by atoms with Gasteiger partial charge in [-0.2, -0.15) is 4.31 Å². The average molecular weight is 416 g/mol. The Labute approximate surface area is 171 Å². The fourth-order valence-electron chi connectivity index (χ4n) is 4.24. The van der Waals surface area contributed by atoms with Gasteiger partial charge in [-0.1, -0.05) is 18.2 Å². The number of amides is 1. The predicted octanol–water partition coefficient (Wildman–Crippen LogP) is 2.16. The molecule has 0 spiro atoms. The van der Waals surface area contributed by atoms with Gasteiger partial charge in [0.2, 0.25) is 10.0 Å². The summed E-state index contributed by atoms with van der Waals surface area (Å²) in [7, 11) is -1.78. The number of nitrogens with zero attached hydrogens (tertiary/aromatic N) is 3. The zero-order chi connectivity index (χ0) is 20.4. The minimum atomic E-state index is -3.39. The number of hydrogen-bond donors (Lipinski definition) is 0. The molecule has 154 valence electrons. The fraction of sp³-hybridized carbons (Fsp3) is 0.429. The van der Waals surface area contributed by atoms with Crippen molar-refractivity contribution in [2.75, 3.05) is 26.7 Å². The van der Waals surface area contributed by atoms with Crippen molar-refractivity contribution in [3.05, 3.63) is 59.9 Å². The fourth-order valence-corrected chi connectivity index (χ4v) is 6.46. The second-order valence-corrected chi connectivity index (χ2v) is 9.72. The van der Waals surface area contributed by atoms with E-state index in [1.165, 1.54) is 0 Å². The van der Waals surface area contributed by atoms with E-state index in [2.05, 4.69) is 4.98 Å². The smallest absolute Gasteiger partial charge is 0.272 e. The van der Waals surface area contributed by atoms with Gasteiger partial charge in [0.15, 0.2) is 0 Å². The Morgan fingerprint density at radius 3 is 2.59 bits per heavy atom. The van der Waals surface area contributed by atoms with Crippen LogP contribution in [0.5, 0.6) is 5.75 Å². The van der Waals surface area contributed by atoms with E-state index in [0.29, 0.717) is 44.7 Å². The molecule has 2 aromatic rings. The molecule has 4 rings (SSSR count). The number of pyridine rings is 1. The number of ether oxygens (including phenoxy) is 1. The molecule has 0 unspecified atom stereocenters. The number of likely N-dealkylation sites (tertiary alicyclic amines) is 1. The summed E-state index contributed by atoms with van der Waals surface area (Å²) in [4.78, 5) is 18.6. The summed E-state index contributed by atoms with van der Waals surface area (Å²) in [6, 6.07) is 12.7. The molecule has 8 heteroatoms. The molecule has 3 heterocycles. The summed E-state index contributed by atoms with van der Waals surface area (Å²) in [5, 5.41) is -0.428. The third kappa shape index (κ3) is 4.00. The molecule has 29 heavy (non-hydrogen) atoms. The lowest BCUT2D eigenvalue weighted by atomic mass is 10.0. The first kappa shape index (κ1) is 19.8. The van der Waals surface area contributed by atoms with E-state index in [1.54, 1.807) is 40.7 Å². The van der Waals surface area contributed by atoms with Crippen molar-refractivity contribution in [3.8, 4) is 5.75 Å². The summed E-state index contributed by atoms with van der Waals surface area (Å²) in [6.07, 6.45) is 2.74. The van der Waals surface area contributed by atoms with Crippen LogP contribution in [0.1, 0.15) is 28.9 Å². The highest BCUT2D eigenvalue weighted by atomic mass is 32.2. The van der Waals surface area contributed by atoms with Gasteiger partial charge in [-0.15, -0.1) is 0 Å². The van der Waals surface area contributed by atoms with Crippen molar-refractivity contribution in [1.29, 1.82) is 0 Å². The van der Waals surface area contributed by atoms with Crippen molar-refractivity contribution in [1.82, 2.24) is 14.2 Å². The van der Waals surface area contributed by atoms with Crippen LogP contribution in [0, 0.1) is 5.92 Å². The molecule has 0 aliphatic carbocycles. The average Bonchev–Trinajstić information content (AvgIpc) is 2.88. The van der Waals surface area contributed by atoms with Gasteiger partial charge in [-0.25, -0.2) is 8.42 Å². The number of fused-ring (bicyclic) bond motifs is 1. The number of rotatable bonds is 4. The number of hydrogen-bond acceptors (Lipinski definition) is 5. The highest BCUT2D eigenvalue weighted by Gasteiger charge is 2.47. The van der Waals surface area contributed by atoms with E-state index >= 15 is 0 Å². The number of sulfonamides is 1. The lowest BCUT2D eigenvalue weighted by molar-refractivity contribution is 0.0753. The molecule has 0 N–H and O–H groups in total. The van der Waals surface area contributed by atoms with E-state index in [-0.39, 0.29) is 11.8 Å². The molecule has 1 amide bonds. The molecule has 7 nitrogen and oxygen atoms in total. The molecule has 2 atom stereocenters. The Balaban J connectivity index is 1.44. The summed E-state index contributed by atoms with van der Waals surface area (Å²) < 4.78 is 33.0. The maximum atomic E-state index is 13.1. The van der Waals surface area contributed by atoms with E-state index in [0.717, 1.165) is 11.3 Å². The molecule has 2 saturated heterocycles. The molecule has 0 bridgehead atoms. The third-order valence-corrected chi connectivity index (χ3v) is 8.23. The quantitative estimate of drug-likeness (QED) is 0.765. The number of benzene rings is 1. The van der Waals surface area contributed by atoms with Crippen molar-refractivity contribution < 1.29 is 17.9 Å². The van der Waals surface area contributed by atoms with Crippen molar-refractivity contribution >= 4 is 15.9 Å². The zero-order valence-electron chi connectivity index (χ0n) is 16.4. The van der Waals surface area contributed by atoms with Crippen molar-refractivity contribution in [2.45, 2.75) is 24.6 Å². The van der Waals surface area contributed by atoms with Crippen LogP contribution in [0.15, 0.2) is 48.7 Å². The van der Waals surface area contributed by atoms with Gasteiger partial charge in [0.25, 0.3) is 5.91 Å². The topological polar surface area (TPSA) is 79.8 Å². The maximum absolute atomic E-state index is 13.1. The molecule has 2 aliphatic heterocycles. The Bertz CT molecular complexity index is 963. The van der Waals surface area contributed by atoms with Crippen LogP contribution in [0.3, 0.4) is 0 Å². The van der Waals surface area contributed by atoms with Crippen LogP contribution in [0.25, 0.3) is 0 Å². The number of carbonyl (C=O) groups excluding carboxylic acids is 1. The maximum Gasteiger partial charge on any atom is 0.272 e. The van der Waals surface area contributed by atoms with Crippen LogP contribution in [-0.4, -0.2) is 60.5 Å². The lowest BCUT2D eigenvalue weighted by Crippen LogP contribution is -2.35. The molecule has 2 fully saturated rings. The highest BCUT2D eigenvalue weighted by Crippen LogP contribution is 2.35. The van der Waals surface area contributed by atoms with E-state index in [4.69, 9.17) is 4.74 Å². The van der Waals surface area contributed by atoms with Gasteiger partial charge >= 0.3 is 0 Å². The van der Waals surface area contributed by atoms with E-state index in [9.17, 15) is 13.2 Å². The second-order valence-electron chi connectivity index (χ2n) is 7.57. The first-order chi connectivity index (χ1) is 14.0. The molecule has 2 aliphatic rings. The number of aromatic nitrogens is 1. The number of methoxy groups -OCH3 is 1. The third-order valence-electron chi connectivity index (χ3n) is 5.85. The molecule has 1 aromatic heterocycles. The minimum absolute atomic E-state index is 0.0415. The van der Waals surface area contributed by atoms with Crippen LogP contribution in [0.4, 0.5) is 0 Å². The highest BCUT2D eigenvalue weighted by molar-refractivity contribution is 7.90. The summed E-state index contributed by atoms with van der Waals surface area (Å²) in [5.74, 6) is 0.665. The monoisotopic (exact) mass is 415 g/mol. The zero-order valence-corrected chi connectivity index (χ0v) is 17.2. The Hall–Kier alpha value is -2.45. The molecular weight excluding hydrogens is 390 g/mol. The van der Waals surface area contributed by atoms with Gasteiger partial charge in [0, 0.05) is 32.4 Å². The standard InChI is InChI=1S/C21H25N3O4S/c1-28-18-7-5-16(6-8-18)14-24-15-17-9-12-23(13-10-20(17)29(24,26)27)21(25)19-4-2-3-11-22-19/h2-8,11,17,20H,9-10,12-15H2,1H3/t17-,20-/m0/s1. The SMILES string of the molecule is COc1ccc(CN2C[C@@H]3CCN(C(=O)c4ccccn4)CC[C@@H]3S2(=O)=O)cc1. The van der Waals surface area contributed by atoms with E-state index < -0.39 is 15.3 Å². The molecule has 1 aromatic carbocycles. The summed E-state index contributed by atoms with van der Waals surface area (Å²) in [6.45, 7) is 1.87. The van der Waals surface area contributed by atoms with Gasteiger partial charge in [-0.05, 0) is 48.6 Å². The van der Waals surface area contributed by atoms with E-state index in [1.807, 2.05) is 24.3 Å². The molecule has 0 radical (unpaired) electrons.